The van der Waals surface area contributed by atoms with Crippen molar-refractivity contribution in [1.82, 2.24) is 32.0 Å². The molecule has 11 nitrogen and oxygen atoms in total. The lowest BCUT2D eigenvalue weighted by molar-refractivity contribution is -0.652. The van der Waals surface area contributed by atoms with Gasteiger partial charge in [0.05, 0.1) is 61.3 Å². The first-order valence-corrected chi connectivity index (χ1v) is 53.2. The SMILES string of the molecule is Cc1c(-[n+]2c(C)n(-c3ccccc3)c3ccccc32)cc(C(C)(C)C)cc1C(C)(C)C.Cc1c(-[n+]2c(C)n(-c3ccccc3-n3c4ccccc4c4ccccc43)c3ccccc32)cccc1C(C)(C)C.Cc1c(-n2c(C)[n+](-c3c(-n4c5ccccc5c5ccccc54)cccc3-n3c4ccccc4c4ccccc43)c3ccccc32)cccc1C(C)(C)C.[2H]C([2H])([2H])[n+]1c(C)n(-c2cc(C(C)(C)C)cc(C(C)(C)C)c2C)c2ccccc21. The van der Waals surface area contributed by atoms with Crippen LogP contribution in [0.3, 0.4) is 0 Å². The molecule has 0 spiro atoms. The normalized spacial score (nSPS) is 12.7. The molecule has 24 aromatic rings. The van der Waals surface area contributed by atoms with Crippen LogP contribution in [0, 0.1) is 55.4 Å². The van der Waals surface area contributed by atoms with Crippen LogP contribution in [0.2, 0.25) is 0 Å². The van der Waals surface area contributed by atoms with Crippen LogP contribution < -0.4 is 18.3 Å². The van der Waals surface area contributed by atoms with E-state index in [1.165, 1.54) is 188 Å². The van der Waals surface area contributed by atoms with Crippen LogP contribution >= 0.6 is 0 Å². The number of nitrogens with zero attached hydrogens (tertiary/aromatic N) is 11. The molecule has 750 valence electrons. The maximum Gasteiger partial charge on any atom is 0.264 e. The quantitative estimate of drug-likeness (QED) is 0.123. The third kappa shape index (κ3) is 17.2. The second-order valence-corrected chi connectivity index (χ2v) is 47.1. The lowest BCUT2D eigenvalue weighted by atomic mass is 9.78. The van der Waals surface area contributed by atoms with Gasteiger partial charge in [0, 0.05) is 71.1 Å². The third-order valence-corrected chi connectivity index (χ3v) is 31.2. The van der Waals surface area contributed by atoms with Gasteiger partial charge in [-0.1, -0.05) is 355 Å². The van der Waals surface area contributed by atoms with Crippen LogP contribution in [-0.2, 0) is 39.5 Å². The van der Waals surface area contributed by atoms with Crippen LogP contribution in [0.1, 0.15) is 208 Å². The van der Waals surface area contributed by atoms with E-state index in [0.29, 0.717) is 5.82 Å². The molecule has 0 radical (unpaired) electrons. The van der Waals surface area contributed by atoms with Crippen molar-refractivity contribution in [2.75, 3.05) is 0 Å². The molecule has 24 rings (SSSR count). The summed E-state index contributed by atoms with van der Waals surface area (Å²) in [6.45, 7) is 56.4. The molecule has 11 heteroatoms. The van der Waals surface area contributed by atoms with E-state index in [0.717, 1.165) is 56.5 Å². The maximum atomic E-state index is 8.09. The molecule has 0 saturated heterocycles. The number of benzene rings is 17. The molecule has 0 amide bonds. The minimum Gasteiger partial charge on any atom is -0.305 e. The van der Waals surface area contributed by atoms with Crippen molar-refractivity contribution in [2.45, 2.75) is 213 Å². The fourth-order valence-corrected chi connectivity index (χ4v) is 24.0. The summed E-state index contributed by atoms with van der Waals surface area (Å²) in [6, 6.07) is 136. The average Bonchev–Trinajstić information content (AvgIpc) is 1.54. The topological polar surface area (TPSA) is 50.0 Å². The third-order valence-electron chi connectivity index (χ3n) is 31.2. The van der Waals surface area contributed by atoms with Gasteiger partial charge >= 0.3 is 0 Å². The zero-order valence-corrected chi connectivity index (χ0v) is 92.2. The Bertz CT molecular complexity index is 9270. The summed E-state index contributed by atoms with van der Waals surface area (Å²) in [5.74, 6) is 4.22. The minimum absolute atomic E-state index is 0.0137. The number of hydrogen-bond donors (Lipinski definition) is 0. The summed E-state index contributed by atoms with van der Waals surface area (Å²) in [4.78, 5) is 0. The molecular weight excluding hydrogens is 1820 g/mol. The van der Waals surface area contributed by atoms with Crippen LogP contribution in [0.5, 0.6) is 0 Å². The van der Waals surface area contributed by atoms with Gasteiger partial charge in [-0.05, 0) is 250 Å². The summed E-state index contributed by atoms with van der Waals surface area (Å²) >= 11 is 0. The van der Waals surface area contributed by atoms with Crippen LogP contribution in [0.4, 0.5) is 0 Å². The maximum absolute atomic E-state index is 8.09. The molecule has 0 N–H and O–H groups in total. The fraction of sp³-hybridized carbons (Fsp3) is 0.237. The number of aryl methyl sites for hydroxylation is 1. The Morgan fingerprint density at radius 2 is 0.473 bits per heavy atom. The second-order valence-electron chi connectivity index (χ2n) is 47.1. The van der Waals surface area contributed by atoms with Crippen molar-refractivity contribution < 1.29 is 22.4 Å². The number of para-hydroxylation sites is 18. The summed E-state index contributed by atoms with van der Waals surface area (Å²) < 4.78 is 49.9. The molecule has 0 fully saturated rings. The van der Waals surface area contributed by atoms with Gasteiger partial charge in [-0.25, -0.2) is 4.57 Å². The van der Waals surface area contributed by atoms with E-state index in [-0.39, 0.29) is 32.5 Å². The van der Waals surface area contributed by atoms with Crippen molar-refractivity contribution in [2.24, 2.45) is 6.98 Å². The summed E-state index contributed by atoms with van der Waals surface area (Å²) in [7, 11) is 0. The van der Waals surface area contributed by atoms with E-state index in [2.05, 4.69) is 571 Å². The van der Waals surface area contributed by atoms with Crippen molar-refractivity contribution in [3.8, 4) is 56.9 Å². The van der Waals surface area contributed by atoms with Crippen LogP contribution in [0.25, 0.3) is 166 Å². The van der Waals surface area contributed by atoms with Crippen molar-refractivity contribution in [1.29, 1.82) is 0 Å². The largest absolute Gasteiger partial charge is 0.305 e. The summed E-state index contributed by atoms with van der Waals surface area (Å²) in [5.41, 5.74) is 41.1. The van der Waals surface area contributed by atoms with Gasteiger partial charge in [-0.15, -0.1) is 0 Å². The number of hydrogen-bond acceptors (Lipinski definition) is 0. The predicted octanol–water partition coefficient (Wildman–Crippen LogP) is 33.7. The highest BCUT2D eigenvalue weighted by molar-refractivity contribution is 6.12. The van der Waals surface area contributed by atoms with E-state index >= 15 is 0 Å². The Hall–Kier alpha value is -16.0. The number of fused-ring (bicyclic) bond motifs is 13. The molecule has 0 atom stereocenters. The van der Waals surface area contributed by atoms with E-state index in [1.807, 2.05) is 31.2 Å². The van der Waals surface area contributed by atoms with Gasteiger partial charge in [-0.2, -0.15) is 32.0 Å². The van der Waals surface area contributed by atoms with Gasteiger partial charge in [0.25, 0.3) is 23.3 Å². The first-order chi connectivity index (χ1) is 72.8. The lowest BCUT2D eigenvalue weighted by Gasteiger charge is -2.28. The highest BCUT2D eigenvalue weighted by Gasteiger charge is 2.38. The number of aromatic nitrogens is 11. The lowest BCUT2D eigenvalue weighted by Crippen LogP contribution is -2.36. The highest BCUT2D eigenvalue weighted by Crippen LogP contribution is 2.46. The molecule has 7 aromatic heterocycles. The summed E-state index contributed by atoms with van der Waals surface area (Å²) in [6.07, 6.45) is 0. The summed E-state index contributed by atoms with van der Waals surface area (Å²) in [5, 5.41) is 7.52. The Morgan fingerprint density at radius 1 is 0.193 bits per heavy atom. The Balaban J connectivity index is 0.000000122. The van der Waals surface area contributed by atoms with Crippen LogP contribution in [-0.4, -0.2) is 32.0 Å². The van der Waals surface area contributed by atoms with E-state index < -0.39 is 6.98 Å². The van der Waals surface area contributed by atoms with Gasteiger partial charge in [0.15, 0.2) is 55.5 Å². The molecule has 0 aliphatic rings. The van der Waals surface area contributed by atoms with Gasteiger partial charge in [0.2, 0.25) is 0 Å². The van der Waals surface area contributed by atoms with Gasteiger partial charge in [-0.3, -0.25) is 0 Å². The average molecular weight is 1970 g/mol. The molecule has 7 heterocycles. The van der Waals surface area contributed by atoms with E-state index in [9.17, 15) is 0 Å². The molecule has 0 unspecified atom stereocenters. The first kappa shape index (κ1) is 96.2. The highest BCUT2D eigenvalue weighted by atomic mass is 15.2. The molecule has 150 heavy (non-hydrogen) atoms. The zero-order chi connectivity index (χ0) is 108. The molecule has 17 aromatic carbocycles. The number of rotatable bonds is 10. The Labute approximate surface area is 889 Å². The first-order valence-electron chi connectivity index (χ1n) is 54.7. The number of imidazole rings is 4. The Morgan fingerprint density at radius 3 is 0.900 bits per heavy atom. The molecule has 0 aliphatic heterocycles. The van der Waals surface area contributed by atoms with Crippen molar-refractivity contribution in [3.63, 3.8) is 0 Å². The van der Waals surface area contributed by atoms with Crippen molar-refractivity contribution in [3.05, 3.63) is 455 Å². The fourth-order valence-electron chi connectivity index (χ4n) is 24.0. The smallest absolute Gasteiger partial charge is 0.264 e. The Kier molecular flexibility index (Phi) is 24.4. The minimum atomic E-state index is -2.24. The van der Waals surface area contributed by atoms with Gasteiger partial charge in [0.1, 0.15) is 28.4 Å². The second kappa shape index (κ2) is 38.0. The predicted molar refractivity (Wildman–Crippen MR) is 632 cm³/mol. The standard InChI is InChI=1S/C49H41N4.C37H34N3.C29H35N2.C24H33N2/c1-32-38(49(3,4)5)22-16-29-39(32)50-33(2)51(45-28-15-14-27-44(45)50)48-46(52-40-23-10-6-18-34(40)35-19-7-11-24-41(35)52)30-17-31-47(48)53-42-25-12-8-20-36(42)37-21-9-13-26-43(37)53;1-25-29(37(3,4)5)17-14-24-30(25)38-26(2)39(34-21-11-10-20-33(34)38)35-22-12-13-23-36(35)40-31-18-8-6-15-27(31)28-16-7-9-19-32(28)40;1-20-24(29(6,7)8)18-22(28(3,4)5)19-27(20)31-21(2)30(23-14-10-9-11-15-23)25-16-12-13-17-26(25)31;1-16-19(24(6,7)8)14-18(23(3,4)5)15-22(16)26-17(2)25(9)20-12-10-11-13-21(20)26/h6-31H,1-5H3;6-24H,1-5H3;9-19H,1-8H3;10-15H,1-9H3/q4*+1/i;;;9D3. The molecular formula is C139H143N11+4. The van der Waals surface area contributed by atoms with Gasteiger partial charge < -0.3 is 13.7 Å². The monoisotopic (exact) mass is 1970 g/mol. The van der Waals surface area contributed by atoms with Crippen molar-refractivity contribution >= 4 is 110 Å². The van der Waals surface area contributed by atoms with E-state index in [1.54, 1.807) is 0 Å². The molecule has 0 bridgehead atoms. The molecule has 0 aliphatic carbocycles. The van der Waals surface area contributed by atoms with E-state index in [4.69, 9.17) is 4.11 Å². The zero-order valence-electron chi connectivity index (χ0n) is 95.2. The molecule has 0 saturated carbocycles. The van der Waals surface area contributed by atoms with Crippen LogP contribution in [0.15, 0.2) is 376 Å².